The number of thiocarbonyl (C=S) groups is 1. The normalized spacial score (nSPS) is 27.6. The Bertz CT molecular complexity index is 1440. The molecule has 0 radical (unpaired) electrons. The predicted molar refractivity (Wildman–Crippen MR) is 152 cm³/mol. The molecule has 0 aromatic carbocycles. The zero-order chi connectivity index (χ0) is 33.4. The molecule has 2 aliphatic rings. The number of carbonyl (C=O) groups excluding carboxylic acids is 4. The fourth-order valence-electron chi connectivity index (χ4n) is 4.92. The van der Waals surface area contributed by atoms with E-state index in [-0.39, 0.29) is 31.7 Å². The first-order valence-corrected chi connectivity index (χ1v) is 14.3. The maximum Gasteiger partial charge on any atom is 0.333 e. The van der Waals surface area contributed by atoms with Crippen molar-refractivity contribution in [2.24, 2.45) is 4.99 Å². The molecular formula is C27H35N3O14S. The molecule has 3 heterocycles. The number of ether oxygens (including phenoxy) is 7. The van der Waals surface area contributed by atoms with Gasteiger partial charge in [0.15, 0.2) is 24.6 Å². The van der Waals surface area contributed by atoms with Crippen LogP contribution >= 0.6 is 12.2 Å². The van der Waals surface area contributed by atoms with Gasteiger partial charge in [-0.15, -0.1) is 0 Å². The molecule has 18 heteroatoms. The monoisotopic (exact) mass is 657 g/mol. The Kier molecular flexibility index (Phi) is 12.7. The number of aliphatic hydroxyl groups excluding tert-OH is 1. The highest BCUT2D eigenvalue weighted by molar-refractivity contribution is 7.78. The van der Waals surface area contributed by atoms with Crippen molar-refractivity contribution in [3.8, 4) is 0 Å². The zero-order valence-electron chi connectivity index (χ0n) is 25.2. The van der Waals surface area contributed by atoms with Gasteiger partial charge in [-0.25, -0.2) is 9.79 Å². The van der Waals surface area contributed by atoms with E-state index < -0.39 is 90.9 Å². The summed E-state index contributed by atoms with van der Waals surface area (Å²) >= 11 is 4.56. The van der Waals surface area contributed by atoms with Crippen LogP contribution in [0.15, 0.2) is 20.8 Å². The molecule has 248 valence electrons. The van der Waals surface area contributed by atoms with Gasteiger partial charge >= 0.3 is 29.6 Å². The lowest BCUT2D eigenvalue weighted by Gasteiger charge is -2.44. The van der Waals surface area contributed by atoms with Crippen molar-refractivity contribution >= 4 is 41.3 Å². The molecule has 8 atom stereocenters. The quantitative estimate of drug-likeness (QED) is 0.126. The SMILES string of the molecule is CC(=O)OC[C@H]1O[C@H](OCCn2c(=O)c(C)cn([C@H]3C[C@H](O)[C@@H](CN=C=S)O3)c2=O)[C@@H](OC(C)=O)[C@@H](OC(C)=O)[C@@H]1OC(C)=O. The molecule has 0 spiro atoms. The Hall–Kier alpha value is -3.80. The molecule has 45 heavy (non-hydrogen) atoms. The van der Waals surface area contributed by atoms with Crippen molar-refractivity contribution in [3.05, 3.63) is 32.6 Å². The van der Waals surface area contributed by atoms with Crippen molar-refractivity contribution in [1.29, 1.82) is 0 Å². The van der Waals surface area contributed by atoms with Gasteiger partial charge in [0, 0.05) is 45.9 Å². The van der Waals surface area contributed by atoms with Crippen molar-refractivity contribution in [1.82, 2.24) is 9.13 Å². The standard InChI is InChI=1S/C27H35N3O14S/c1-13-10-30(21-8-18(35)19(43-21)9-28-12-45)27(37)29(25(13)36)6-7-38-26-24(42-17(5)34)23(41-16(4)33)22(40-15(3)32)20(44-26)11-39-14(2)31/h10,18-24,26,35H,6-9,11H2,1-5H3/t18-,19+,20+,21+,22+,23-,24-,26-/m0/s1. The summed E-state index contributed by atoms with van der Waals surface area (Å²) in [6, 6.07) is 0. The lowest BCUT2D eigenvalue weighted by atomic mass is 9.98. The molecule has 17 nitrogen and oxygen atoms in total. The van der Waals surface area contributed by atoms with Crippen molar-refractivity contribution in [2.75, 3.05) is 19.8 Å². The smallest absolute Gasteiger partial charge is 0.333 e. The number of hydrogen-bond acceptors (Lipinski definition) is 16. The van der Waals surface area contributed by atoms with Crippen LogP contribution in [0.1, 0.15) is 45.9 Å². The van der Waals surface area contributed by atoms with E-state index in [1.807, 2.05) is 0 Å². The van der Waals surface area contributed by atoms with Crippen LogP contribution in [-0.4, -0.2) is 106 Å². The number of nitrogens with zero attached hydrogens (tertiary/aromatic N) is 3. The second-order valence-corrected chi connectivity index (χ2v) is 10.4. The van der Waals surface area contributed by atoms with Crippen LogP contribution < -0.4 is 11.2 Å². The largest absolute Gasteiger partial charge is 0.463 e. The topological polar surface area (TPSA) is 209 Å². The van der Waals surface area contributed by atoms with Gasteiger partial charge in [-0.05, 0) is 19.1 Å². The molecule has 1 N–H and O–H groups in total. The Morgan fingerprint density at radius 1 is 0.978 bits per heavy atom. The average molecular weight is 658 g/mol. The number of rotatable bonds is 12. The van der Waals surface area contributed by atoms with Gasteiger partial charge in [0.25, 0.3) is 5.56 Å². The van der Waals surface area contributed by atoms with Gasteiger partial charge in [-0.3, -0.25) is 33.1 Å². The van der Waals surface area contributed by atoms with Gasteiger partial charge in [-0.2, -0.15) is 0 Å². The molecule has 0 saturated carbocycles. The Morgan fingerprint density at radius 2 is 1.60 bits per heavy atom. The lowest BCUT2D eigenvalue weighted by molar-refractivity contribution is -0.308. The summed E-state index contributed by atoms with van der Waals surface area (Å²) in [5.74, 6) is -3.11. The minimum absolute atomic E-state index is 0.0400. The first-order valence-electron chi connectivity index (χ1n) is 13.8. The van der Waals surface area contributed by atoms with Crippen LogP contribution in [0.3, 0.4) is 0 Å². The molecule has 3 rings (SSSR count). The van der Waals surface area contributed by atoms with Crippen LogP contribution in [0.4, 0.5) is 0 Å². The molecule has 2 aliphatic heterocycles. The van der Waals surface area contributed by atoms with Gasteiger partial charge in [0.2, 0.25) is 0 Å². The summed E-state index contributed by atoms with van der Waals surface area (Å²) in [5, 5.41) is 12.5. The maximum atomic E-state index is 13.4. The number of esters is 4. The van der Waals surface area contributed by atoms with Gasteiger partial charge in [0.05, 0.1) is 31.0 Å². The fourth-order valence-corrected chi connectivity index (χ4v) is 5.00. The second kappa shape index (κ2) is 16.0. The van der Waals surface area contributed by atoms with E-state index in [9.17, 15) is 33.9 Å². The summed E-state index contributed by atoms with van der Waals surface area (Å²) in [5.41, 5.74) is -1.19. The predicted octanol–water partition coefficient (Wildman–Crippen LogP) is -0.831. The molecule has 2 saturated heterocycles. The summed E-state index contributed by atoms with van der Waals surface area (Å²) in [6.07, 6.45) is -8.23. The van der Waals surface area contributed by atoms with E-state index in [0.717, 1.165) is 32.3 Å². The van der Waals surface area contributed by atoms with E-state index in [2.05, 4.69) is 22.4 Å². The van der Waals surface area contributed by atoms with Crippen LogP contribution in [-0.2, 0) is 58.9 Å². The van der Waals surface area contributed by atoms with E-state index in [1.165, 1.54) is 17.7 Å². The van der Waals surface area contributed by atoms with E-state index in [4.69, 9.17) is 33.2 Å². The molecule has 0 unspecified atom stereocenters. The minimum atomic E-state index is -1.50. The van der Waals surface area contributed by atoms with Crippen LogP contribution in [0, 0.1) is 6.92 Å². The molecule has 1 aromatic rings. The first-order chi connectivity index (χ1) is 21.2. The molecule has 1 aromatic heterocycles. The maximum absolute atomic E-state index is 13.4. The zero-order valence-corrected chi connectivity index (χ0v) is 26.1. The summed E-state index contributed by atoms with van der Waals surface area (Å²) < 4.78 is 40.6. The Labute approximate surface area is 261 Å². The highest BCUT2D eigenvalue weighted by Crippen LogP contribution is 2.30. The van der Waals surface area contributed by atoms with E-state index >= 15 is 0 Å². The third-order valence-corrected chi connectivity index (χ3v) is 6.89. The van der Waals surface area contributed by atoms with Crippen LogP contribution in [0.5, 0.6) is 0 Å². The van der Waals surface area contributed by atoms with Crippen LogP contribution in [0.2, 0.25) is 0 Å². The van der Waals surface area contributed by atoms with Crippen molar-refractivity contribution in [3.63, 3.8) is 0 Å². The van der Waals surface area contributed by atoms with Crippen molar-refractivity contribution in [2.45, 2.75) is 96.7 Å². The number of hydrogen-bond donors (Lipinski definition) is 1. The molecule has 0 bridgehead atoms. The van der Waals surface area contributed by atoms with Gasteiger partial charge in [-0.1, -0.05) is 0 Å². The van der Waals surface area contributed by atoms with Crippen molar-refractivity contribution < 1.29 is 57.4 Å². The molecular weight excluding hydrogens is 622 g/mol. The number of aliphatic hydroxyl groups is 1. The number of aliphatic imine (C=N–C) groups is 1. The summed E-state index contributed by atoms with van der Waals surface area (Å²) in [7, 11) is 0. The number of aryl methyl sites for hydroxylation is 1. The third-order valence-electron chi connectivity index (χ3n) is 6.76. The van der Waals surface area contributed by atoms with Gasteiger partial charge in [0.1, 0.15) is 25.0 Å². The summed E-state index contributed by atoms with van der Waals surface area (Å²) in [6.45, 7) is 4.78. The minimum Gasteiger partial charge on any atom is -0.463 e. The average Bonchev–Trinajstić information content (AvgIpc) is 3.32. The third kappa shape index (κ3) is 9.35. The Balaban J connectivity index is 1.88. The van der Waals surface area contributed by atoms with E-state index in [0.29, 0.717) is 0 Å². The van der Waals surface area contributed by atoms with Gasteiger partial charge < -0.3 is 38.3 Å². The molecule has 0 amide bonds. The lowest BCUT2D eigenvalue weighted by Crippen LogP contribution is -2.63. The highest BCUT2D eigenvalue weighted by atomic mass is 32.1. The second-order valence-electron chi connectivity index (χ2n) is 10.3. The van der Waals surface area contributed by atoms with Crippen LogP contribution in [0.25, 0.3) is 0 Å². The first kappa shape index (κ1) is 35.7. The summed E-state index contributed by atoms with van der Waals surface area (Å²) in [4.78, 5) is 77.6. The number of isothiocyanates is 1. The molecule has 0 aliphatic carbocycles. The fraction of sp³-hybridized carbons (Fsp3) is 0.667. The highest BCUT2D eigenvalue weighted by Gasteiger charge is 2.52. The number of carbonyl (C=O) groups is 4. The Morgan fingerprint density at radius 3 is 2.20 bits per heavy atom. The number of aromatic nitrogens is 2. The molecule has 2 fully saturated rings. The van der Waals surface area contributed by atoms with E-state index in [1.54, 1.807) is 0 Å².